The van der Waals surface area contributed by atoms with Crippen LogP contribution in [0.4, 0.5) is 0 Å². The van der Waals surface area contributed by atoms with E-state index in [9.17, 15) is 4.79 Å². The van der Waals surface area contributed by atoms with Gasteiger partial charge in [-0.1, -0.05) is 48.0 Å². The largest absolute Gasteiger partial charge is 0.549 e. The highest BCUT2D eigenvalue weighted by atomic mass is 28.4. The first-order valence-electron chi connectivity index (χ1n) is 11.1. The Morgan fingerprint density at radius 3 is 2.21 bits per heavy atom. The minimum Gasteiger partial charge on any atom is -0.549 e. The van der Waals surface area contributed by atoms with Gasteiger partial charge in [0, 0.05) is 12.8 Å². The van der Waals surface area contributed by atoms with Crippen LogP contribution in [0.5, 0.6) is 0 Å². The summed E-state index contributed by atoms with van der Waals surface area (Å²) in [6.45, 7) is 22.3. The molecule has 2 saturated carbocycles. The van der Waals surface area contributed by atoms with Gasteiger partial charge in [-0.25, -0.2) is 0 Å². The lowest BCUT2D eigenvalue weighted by atomic mass is 9.45. The highest BCUT2D eigenvalue weighted by Crippen LogP contribution is 2.63. The first-order valence-corrected chi connectivity index (χ1v) is 14.0. The van der Waals surface area contributed by atoms with Crippen LogP contribution in [0.2, 0.25) is 18.1 Å². The Labute approximate surface area is 174 Å². The molecule has 0 aromatic carbocycles. The quantitative estimate of drug-likeness (QED) is 0.283. The van der Waals surface area contributed by atoms with Gasteiger partial charge >= 0.3 is 5.97 Å². The first-order chi connectivity index (χ1) is 12.6. The molecule has 2 rings (SSSR count). The lowest BCUT2D eigenvalue weighted by Crippen LogP contribution is -2.58. The maximum atomic E-state index is 11.9. The van der Waals surface area contributed by atoms with Crippen LogP contribution in [0.1, 0.15) is 87.5 Å². The van der Waals surface area contributed by atoms with Gasteiger partial charge in [-0.2, -0.15) is 0 Å². The van der Waals surface area contributed by atoms with Gasteiger partial charge in [-0.15, -0.1) is 0 Å². The molecule has 4 heteroatoms. The van der Waals surface area contributed by atoms with Crippen LogP contribution in [0.25, 0.3) is 0 Å². The second kappa shape index (κ2) is 7.48. The summed E-state index contributed by atoms with van der Waals surface area (Å²) in [4.78, 5) is 11.9. The van der Waals surface area contributed by atoms with Crippen molar-refractivity contribution in [3.8, 4) is 0 Å². The number of hydrogen-bond acceptors (Lipinski definition) is 3. The number of ether oxygens (including phenoxy) is 1. The van der Waals surface area contributed by atoms with E-state index in [1.807, 2.05) is 6.26 Å². The fourth-order valence-corrected chi connectivity index (χ4v) is 6.65. The average molecular weight is 409 g/mol. The minimum atomic E-state index is -1.86. The Balaban J connectivity index is 2.39. The number of rotatable bonds is 4. The zero-order valence-electron chi connectivity index (χ0n) is 20.1. The van der Waals surface area contributed by atoms with Crippen LogP contribution >= 0.6 is 0 Å². The van der Waals surface area contributed by atoms with Gasteiger partial charge in [0.1, 0.15) is 5.60 Å². The van der Waals surface area contributed by atoms with Crippen molar-refractivity contribution in [1.82, 2.24) is 0 Å². The third-order valence-electron chi connectivity index (χ3n) is 8.39. The minimum absolute atomic E-state index is 0.123. The number of esters is 1. The molecule has 0 aromatic heterocycles. The molecule has 28 heavy (non-hydrogen) atoms. The highest BCUT2D eigenvalue weighted by molar-refractivity contribution is 6.74. The van der Waals surface area contributed by atoms with E-state index >= 15 is 0 Å². The van der Waals surface area contributed by atoms with Crippen LogP contribution in [0.3, 0.4) is 0 Å². The van der Waals surface area contributed by atoms with Gasteiger partial charge in [0.25, 0.3) is 0 Å². The van der Waals surface area contributed by atoms with Gasteiger partial charge in [-0.05, 0) is 73.6 Å². The molecule has 0 aromatic rings. The molecule has 2 aliphatic rings. The Hall–Kier alpha value is -0.773. The number of carbonyl (C=O) groups excluding carboxylic acids is 1. The Bertz CT molecular complexity index is 616. The van der Waals surface area contributed by atoms with Crippen molar-refractivity contribution < 1.29 is 14.0 Å². The van der Waals surface area contributed by atoms with Gasteiger partial charge in [0.05, 0.1) is 6.26 Å². The SMILES string of the molecule is CC(=O)O[C@]1(C)CCC2C(C)(C)CCC[C@]2(C)[C@H]1/C=C/O[Si](C)(C)C(C)(C)C. The second-order valence-corrected chi connectivity index (χ2v) is 16.8. The average Bonchev–Trinajstić information content (AvgIpc) is 2.47. The van der Waals surface area contributed by atoms with E-state index in [-0.39, 0.29) is 22.3 Å². The Kier molecular flexibility index (Phi) is 6.28. The second-order valence-electron chi connectivity index (χ2n) is 12.0. The summed E-state index contributed by atoms with van der Waals surface area (Å²) >= 11 is 0. The zero-order chi connectivity index (χ0) is 21.6. The molecule has 0 saturated heterocycles. The monoisotopic (exact) mass is 408 g/mol. The van der Waals surface area contributed by atoms with Gasteiger partial charge in [0.2, 0.25) is 8.32 Å². The molecule has 4 atom stereocenters. The molecule has 162 valence electrons. The lowest BCUT2D eigenvalue weighted by Gasteiger charge is -2.61. The van der Waals surface area contributed by atoms with Crippen molar-refractivity contribution >= 4 is 14.3 Å². The summed E-state index contributed by atoms with van der Waals surface area (Å²) in [6.07, 6.45) is 9.97. The van der Waals surface area contributed by atoms with Crippen molar-refractivity contribution in [3.63, 3.8) is 0 Å². The molecule has 0 radical (unpaired) electrons. The fourth-order valence-electron chi connectivity index (χ4n) is 5.87. The molecule has 0 heterocycles. The van der Waals surface area contributed by atoms with Crippen LogP contribution in [0, 0.1) is 22.7 Å². The van der Waals surface area contributed by atoms with Gasteiger partial charge < -0.3 is 9.16 Å². The predicted molar refractivity (Wildman–Crippen MR) is 120 cm³/mol. The molecule has 0 spiro atoms. The van der Waals surface area contributed by atoms with E-state index in [0.717, 1.165) is 12.8 Å². The van der Waals surface area contributed by atoms with Crippen molar-refractivity contribution in [3.05, 3.63) is 12.3 Å². The van der Waals surface area contributed by atoms with E-state index in [0.29, 0.717) is 11.3 Å². The normalized spacial score (nSPS) is 36.1. The van der Waals surface area contributed by atoms with Crippen LogP contribution in [0.15, 0.2) is 12.3 Å². The van der Waals surface area contributed by atoms with Crippen LogP contribution < -0.4 is 0 Å². The smallest absolute Gasteiger partial charge is 0.303 e. The molecule has 3 nitrogen and oxygen atoms in total. The maximum Gasteiger partial charge on any atom is 0.303 e. The topological polar surface area (TPSA) is 35.5 Å². The first kappa shape index (κ1) is 23.5. The van der Waals surface area contributed by atoms with Crippen LogP contribution in [-0.4, -0.2) is 19.9 Å². The van der Waals surface area contributed by atoms with E-state index < -0.39 is 13.9 Å². The van der Waals surface area contributed by atoms with Gasteiger partial charge in [0.15, 0.2) is 0 Å². The maximum absolute atomic E-state index is 11.9. The molecule has 2 fully saturated rings. The summed E-state index contributed by atoms with van der Waals surface area (Å²) in [5, 5.41) is 0.169. The fraction of sp³-hybridized carbons (Fsp3) is 0.875. The lowest BCUT2D eigenvalue weighted by molar-refractivity contribution is -0.188. The third-order valence-corrected chi connectivity index (χ3v) is 12.7. The molecule has 0 aliphatic heterocycles. The number of fused-ring (bicyclic) bond motifs is 1. The van der Waals surface area contributed by atoms with Crippen LogP contribution in [-0.2, 0) is 14.0 Å². The molecular weight excluding hydrogens is 364 g/mol. The van der Waals surface area contributed by atoms with Crippen molar-refractivity contribution in [2.24, 2.45) is 22.7 Å². The standard InChI is InChI=1S/C24H44O3Si/c1-18(25)27-24(8)16-12-19-22(5,6)14-11-15-23(19,7)20(24)13-17-26-28(9,10)21(2,3)4/h13,17,19-20H,11-12,14-16H2,1-10H3/b17-13+/t19?,20-,23+,24-/m1/s1. The zero-order valence-corrected chi connectivity index (χ0v) is 21.1. The van der Waals surface area contributed by atoms with Crippen molar-refractivity contribution in [1.29, 1.82) is 0 Å². The highest BCUT2D eigenvalue weighted by Gasteiger charge is 2.59. The summed E-state index contributed by atoms with van der Waals surface area (Å²) in [5.41, 5.74) is -0.00772. The summed E-state index contributed by atoms with van der Waals surface area (Å²) < 4.78 is 12.4. The number of hydrogen-bond donors (Lipinski definition) is 0. The molecule has 0 N–H and O–H groups in total. The number of carbonyl (C=O) groups is 1. The van der Waals surface area contributed by atoms with Crippen molar-refractivity contribution in [2.75, 3.05) is 0 Å². The molecule has 0 bridgehead atoms. The van der Waals surface area contributed by atoms with Crippen molar-refractivity contribution in [2.45, 2.75) is 111 Å². The summed E-state index contributed by atoms with van der Waals surface area (Å²) in [7, 11) is -1.86. The van der Waals surface area contributed by atoms with E-state index in [1.165, 1.54) is 26.2 Å². The Morgan fingerprint density at radius 1 is 1.07 bits per heavy atom. The third kappa shape index (κ3) is 4.37. The Morgan fingerprint density at radius 2 is 1.68 bits per heavy atom. The predicted octanol–water partition coefficient (Wildman–Crippen LogP) is 7.09. The molecular formula is C24H44O3Si. The van der Waals surface area contributed by atoms with Gasteiger partial charge in [-0.3, -0.25) is 4.79 Å². The molecule has 1 unspecified atom stereocenters. The van der Waals surface area contributed by atoms with E-state index in [1.54, 1.807) is 0 Å². The summed E-state index contributed by atoms with van der Waals surface area (Å²) in [5.74, 6) is 0.634. The van der Waals surface area contributed by atoms with E-state index in [4.69, 9.17) is 9.16 Å². The summed E-state index contributed by atoms with van der Waals surface area (Å²) in [6, 6.07) is 0. The van der Waals surface area contributed by atoms with E-state index in [2.05, 4.69) is 67.6 Å². The molecule has 0 amide bonds. The molecule has 2 aliphatic carbocycles.